The second-order valence-corrected chi connectivity index (χ2v) is 9.59. The van der Waals surface area contributed by atoms with Gasteiger partial charge in [0.05, 0.1) is 12.8 Å². The number of oxazole rings is 1. The molecule has 2 amide bonds. The van der Waals surface area contributed by atoms with E-state index in [0.717, 1.165) is 33.6 Å². The molecule has 7 heteroatoms. The van der Waals surface area contributed by atoms with Crippen LogP contribution in [0, 0.1) is 0 Å². The number of hydrogen-bond donors (Lipinski definition) is 0. The molecule has 0 radical (unpaired) electrons. The molecule has 2 atom stereocenters. The number of carbonyl (C=O) groups excluding carboxylic acids is 2. The summed E-state index contributed by atoms with van der Waals surface area (Å²) >= 11 is 0. The summed E-state index contributed by atoms with van der Waals surface area (Å²) in [7, 11) is 0. The Balaban J connectivity index is 1.23. The largest absolute Gasteiger partial charge is 0.444 e. The molecule has 7 nitrogen and oxygen atoms in total. The van der Waals surface area contributed by atoms with Gasteiger partial charge in [-0.05, 0) is 43.0 Å². The third-order valence-electron chi connectivity index (χ3n) is 6.55. The van der Waals surface area contributed by atoms with Gasteiger partial charge in [-0.1, -0.05) is 78.9 Å². The molecule has 0 bridgehead atoms. The highest BCUT2D eigenvalue weighted by molar-refractivity contribution is 5.96. The van der Waals surface area contributed by atoms with Crippen molar-refractivity contribution < 1.29 is 23.5 Å². The lowest BCUT2D eigenvalue weighted by Gasteiger charge is -2.29. The Morgan fingerprint density at radius 1 is 0.973 bits per heavy atom. The predicted octanol–water partition coefficient (Wildman–Crippen LogP) is 6.41. The van der Waals surface area contributed by atoms with Crippen LogP contribution in [0.4, 0.5) is 4.79 Å². The van der Waals surface area contributed by atoms with Crippen LogP contribution in [0.15, 0.2) is 95.9 Å². The second kappa shape index (κ2) is 10.0. The summed E-state index contributed by atoms with van der Waals surface area (Å²) in [5.74, 6) is 0.302. The predicted molar refractivity (Wildman–Crippen MR) is 138 cm³/mol. The molecule has 0 aliphatic carbocycles. The van der Waals surface area contributed by atoms with Crippen LogP contribution in [0.3, 0.4) is 0 Å². The van der Waals surface area contributed by atoms with Crippen LogP contribution in [-0.2, 0) is 20.9 Å². The Hall–Kier alpha value is -4.23. The van der Waals surface area contributed by atoms with Gasteiger partial charge in [-0.3, -0.25) is 4.79 Å². The summed E-state index contributed by atoms with van der Waals surface area (Å²) in [6, 6.07) is 24.9. The van der Waals surface area contributed by atoms with Crippen LogP contribution in [0.25, 0.3) is 22.5 Å². The molecule has 37 heavy (non-hydrogen) atoms. The van der Waals surface area contributed by atoms with E-state index in [1.54, 1.807) is 13.1 Å². The number of rotatable bonds is 7. The van der Waals surface area contributed by atoms with Crippen molar-refractivity contribution in [2.24, 2.45) is 0 Å². The smallest absolute Gasteiger partial charge is 0.417 e. The minimum atomic E-state index is -0.850. The Labute approximate surface area is 215 Å². The zero-order valence-corrected chi connectivity index (χ0v) is 21.0. The molecule has 0 N–H and O–H groups in total. The third-order valence-corrected chi connectivity index (χ3v) is 6.55. The number of ether oxygens (including phenoxy) is 2. The lowest BCUT2D eigenvalue weighted by Crippen LogP contribution is -2.43. The fourth-order valence-electron chi connectivity index (χ4n) is 4.62. The minimum absolute atomic E-state index is 0.236. The van der Waals surface area contributed by atoms with Crippen molar-refractivity contribution in [3.8, 4) is 22.5 Å². The molecule has 4 aromatic rings. The van der Waals surface area contributed by atoms with Gasteiger partial charge in [0, 0.05) is 5.56 Å². The first-order valence-corrected chi connectivity index (χ1v) is 12.1. The molecule has 5 rings (SSSR count). The van der Waals surface area contributed by atoms with E-state index in [9.17, 15) is 9.59 Å². The lowest BCUT2D eigenvalue weighted by atomic mass is 9.91. The first kappa shape index (κ1) is 24.5. The van der Waals surface area contributed by atoms with Crippen LogP contribution in [0.5, 0.6) is 0 Å². The van der Waals surface area contributed by atoms with Crippen molar-refractivity contribution in [2.75, 3.05) is 0 Å². The van der Waals surface area contributed by atoms with Gasteiger partial charge in [0.1, 0.15) is 17.7 Å². The first-order chi connectivity index (χ1) is 17.8. The molecule has 0 spiro atoms. The zero-order chi connectivity index (χ0) is 26.0. The van der Waals surface area contributed by atoms with E-state index in [4.69, 9.17) is 13.9 Å². The molecule has 0 unspecified atom stereocenters. The van der Waals surface area contributed by atoms with Gasteiger partial charge in [0.15, 0.2) is 12.2 Å². The normalized spacial score (nSPS) is 17.4. The molecule has 1 aliphatic heterocycles. The molecular weight excluding hydrogens is 468 g/mol. The number of benzene rings is 3. The van der Waals surface area contributed by atoms with Gasteiger partial charge in [0.25, 0.3) is 5.91 Å². The van der Waals surface area contributed by atoms with Crippen molar-refractivity contribution >= 4 is 12.0 Å². The maximum atomic E-state index is 13.3. The highest BCUT2D eigenvalue weighted by atomic mass is 16.6. The second-order valence-electron chi connectivity index (χ2n) is 9.59. The van der Waals surface area contributed by atoms with Gasteiger partial charge in [0.2, 0.25) is 0 Å². The Morgan fingerprint density at radius 2 is 1.59 bits per heavy atom. The molecule has 0 saturated carbocycles. The Kier molecular flexibility index (Phi) is 6.63. The molecule has 1 aliphatic rings. The highest BCUT2D eigenvalue weighted by Crippen LogP contribution is 2.41. The summed E-state index contributed by atoms with van der Waals surface area (Å²) in [5, 5.41) is 0. The van der Waals surface area contributed by atoms with Crippen LogP contribution >= 0.6 is 0 Å². The maximum Gasteiger partial charge on any atom is 0.417 e. The van der Waals surface area contributed by atoms with Gasteiger partial charge in [-0.15, -0.1) is 0 Å². The van der Waals surface area contributed by atoms with E-state index in [1.165, 1.54) is 11.3 Å². The van der Waals surface area contributed by atoms with Gasteiger partial charge in [-0.2, -0.15) is 0 Å². The number of cyclic esters (lactones) is 1. The van der Waals surface area contributed by atoms with Crippen molar-refractivity contribution in [3.05, 3.63) is 103 Å². The standard InChI is InChI=1S/C30H28N2O5/c1-20(28(33)32-27(25-7-5-4-6-8-25)30(2,3)37-29(32)34)35-18-21-9-11-22(12-10-21)23-13-15-24(16-14-23)26-17-31-19-36-26/h4-17,19-20,27H,18H2,1-3H3/t20-,27-/m0/s1. The number of amides is 2. The monoisotopic (exact) mass is 496 g/mol. The number of aromatic nitrogens is 1. The molecule has 1 saturated heterocycles. The van der Waals surface area contributed by atoms with Crippen LogP contribution in [0.1, 0.15) is 37.9 Å². The molecule has 1 aromatic heterocycles. The van der Waals surface area contributed by atoms with Crippen molar-refractivity contribution in [2.45, 2.75) is 45.1 Å². The number of hydrogen-bond acceptors (Lipinski definition) is 6. The van der Waals surface area contributed by atoms with Gasteiger partial charge in [-0.25, -0.2) is 14.7 Å². The average Bonchev–Trinajstić information content (AvgIpc) is 3.53. The molecule has 2 heterocycles. The average molecular weight is 497 g/mol. The quantitative estimate of drug-likeness (QED) is 0.294. The van der Waals surface area contributed by atoms with Crippen LogP contribution in [-0.4, -0.2) is 33.6 Å². The van der Waals surface area contributed by atoms with E-state index in [-0.39, 0.29) is 6.61 Å². The van der Waals surface area contributed by atoms with Crippen LogP contribution in [0.2, 0.25) is 0 Å². The number of nitrogens with zero attached hydrogens (tertiary/aromatic N) is 2. The molecule has 1 fully saturated rings. The SMILES string of the molecule is C[C@H](OCc1ccc(-c2ccc(-c3cnco3)cc2)cc1)C(=O)N1C(=O)OC(C)(C)[C@@H]1c1ccccc1. The Bertz CT molecular complexity index is 1360. The summed E-state index contributed by atoms with van der Waals surface area (Å²) in [4.78, 5) is 31.1. The van der Waals surface area contributed by atoms with Crippen molar-refractivity contribution in [3.63, 3.8) is 0 Å². The van der Waals surface area contributed by atoms with E-state index in [0.29, 0.717) is 0 Å². The third kappa shape index (κ3) is 5.04. The summed E-state index contributed by atoms with van der Waals surface area (Å²) in [5.41, 5.74) is 4.00. The minimum Gasteiger partial charge on any atom is -0.444 e. The fraction of sp³-hybridized carbons (Fsp3) is 0.233. The van der Waals surface area contributed by atoms with Gasteiger partial charge >= 0.3 is 6.09 Å². The zero-order valence-electron chi connectivity index (χ0n) is 21.0. The van der Waals surface area contributed by atoms with Gasteiger partial charge < -0.3 is 13.9 Å². The van der Waals surface area contributed by atoms with Crippen molar-refractivity contribution in [1.29, 1.82) is 0 Å². The number of carbonyl (C=O) groups is 2. The summed E-state index contributed by atoms with van der Waals surface area (Å²) in [6.07, 6.45) is 1.62. The topological polar surface area (TPSA) is 81.9 Å². The Morgan fingerprint density at radius 3 is 2.22 bits per heavy atom. The maximum absolute atomic E-state index is 13.3. The summed E-state index contributed by atoms with van der Waals surface area (Å²) < 4.78 is 16.8. The van der Waals surface area contributed by atoms with E-state index in [2.05, 4.69) is 4.98 Å². The summed E-state index contributed by atoms with van der Waals surface area (Å²) in [6.45, 7) is 5.52. The molecule has 3 aromatic carbocycles. The molecule has 188 valence electrons. The number of imide groups is 1. The van der Waals surface area contributed by atoms with E-state index >= 15 is 0 Å². The highest BCUT2D eigenvalue weighted by Gasteiger charge is 2.52. The molecular formula is C30H28N2O5. The van der Waals surface area contributed by atoms with Crippen LogP contribution < -0.4 is 0 Å². The fourth-order valence-corrected chi connectivity index (χ4v) is 4.62. The van der Waals surface area contributed by atoms with Crippen molar-refractivity contribution in [1.82, 2.24) is 9.88 Å². The first-order valence-electron chi connectivity index (χ1n) is 12.1. The lowest BCUT2D eigenvalue weighted by molar-refractivity contribution is -0.141. The van der Waals surface area contributed by atoms with E-state index < -0.39 is 29.7 Å². The van der Waals surface area contributed by atoms with E-state index in [1.807, 2.05) is 92.7 Å².